The topological polar surface area (TPSA) is 65.2 Å². The van der Waals surface area contributed by atoms with E-state index in [2.05, 4.69) is 40.6 Å². The predicted octanol–water partition coefficient (Wildman–Crippen LogP) is 3.52. The number of aromatic nitrogens is 1. The molecule has 2 amide bonds. The van der Waals surface area contributed by atoms with E-state index in [1.165, 1.54) is 11.1 Å². The van der Waals surface area contributed by atoms with Gasteiger partial charge in [-0.1, -0.05) is 36.4 Å². The van der Waals surface area contributed by atoms with E-state index in [9.17, 15) is 9.59 Å². The molecule has 1 fully saturated rings. The molecule has 2 N–H and O–H groups in total. The quantitative estimate of drug-likeness (QED) is 0.876. The number of fused-ring (bicyclic) bond motifs is 2. The summed E-state index contributed by atoms with van der Waals surface area (Å²) in [4.78, 5) is 29.8. The Morgan fingerprint density at radius 1 is 1.22 bits per heavy atom. The maximum Gasteiger partial charge on any atom is 0.318 e. The minimum atomic E-state index is -0.124. The van der Waals surface area contributed by atoms with Crippen LogP contribution < -0.4 is 10.9 Å². The Labute approximate surface area is 159 Å². The molecule has 27 heavy (non-hydrogen) atoms. The van der Waals surface area contributed by atoms with E-state index in [1.54, 1.807) is 0 Å². The molecule has 2 bridgehead atoms. The third-order valence-corrected chi connectivity index (χ3v) is 5.68. The number of carbonyl (C=O) groups excluding carboxylic acids is 1. The SMILES string of the molecule is Cc1cc(C)c(CNC(=O)N2C3C=C(c4ccccc4)CC2CC3)c(=O)[nH]1. The molecule has 0 spiro atoms. The van der Waals surface area contributed by atoms with Crippen LogP contribution in [0.2, 0.25) is 0 Å². The lowest BCUT2D eigenvalue weighted by Crippen LogP contribution is -2.48. The van der Waals surface area contributed by atoms with Crippen LogP contribution in [-0.2, 0) is 6.54 Å². The van der Waals surface area contributed by atoms with Crippen molar-refractivity contribution in [1.29, 1.82) is 0 Å². The van der Waals surface area contributed by atoms with Crippen LogP contribution in [0.3, 0.4) is 0 Å². The van der Waals surface area contributed by atoms with Crippen LogP contribution in [0.15, 0.2) is 47.3 Å². The van der Waals surface area contributed by atoms with Crippen LogP contribution in [0.4, 0.5) is 4.79 Å². The Hall–Kier alpha value is -2.82. The molecule has 2 aliphatic rings. The lowest BCUT2D eigenvalue weighted by Gasteiger charge is -2.34. The van der Waals surface area contributed by atoms with Gasteiger partial charge in [0.25, 0.3) is 5.56 Å². The smallest absolute Gasteiger partial charge is 0.318 e. The van der Waals surface area contributed by atoms with Gasteiger partial charge in [0.2, 0.25) is 0 Å². The van der Waals surface area contributed by atoms with Crippen LogP contribution in [-0.4, -0.2) is 28.0 Å². The fourth-order valence-corrected chi connectivity index (χ4v) is 4.37. The zero-order valence-corrected chi connectivity index (χ0v) is 15.8. The fraction of sp³-hybridized carbons (Fsp3) is 0.364. The second-order valence-electron chi connectivity index (χ2n) is 7.57. The van der Waals surface area contributed by atoms with Crippen molar-refractivity contribution in [2.24, 2.45) is 0 Å². The molecule has 2 atom stereocenters. The predicted molar refractivity (Wildman–Crippen MR) is 106 cm³/mol. The van der Waals surface area contributed by atoms with Crippen molar-refractivity contribution in [3.05, 3.63) is 75.2 Å². The molecule has 3 heterocycles. The summed E-state index contributed by atoms with van der Waals surface area (Å²) in [6.07, 6.45) is 5.15. The molecule has 5 heteroatoms. The molecule has 1 aromatic carbocycles. The molecular weight excluding hydrogens is 338 g/mol. The number of benzene rings is 1. The molecule has 4 rings (SSSR count). The highest BCUT2D eigenvalue weighted by Gasteiger charge is 2.39. The molecule has 2 aliphatic heterocycles. The van der Waals surface area contributed by atoms with Crippen LogP contribution in [0.25, 0.3) is 5.57 Å². The summed E-state index contributed by atoms with van der Waals surface area (Å²) in [5.41, 5.74) is 4.82. The average Bonchev–Trinajstić information content (AvgIpc) is 2.91. The molecular formula is C22H25N3O2. The second kappa shape index (κ2) is 7.06. The maximum absolute atomic E-state index is 12.8. The molecule has 2 unspecified atom stereocenters. The molecule has 2 aromatic rings. The van der Waals surface area contributed by atoms with E-state index >= 15 is 0 Å². The number of nitrogens with zero attached hydrogens (tertiary/aromatic N) is 1. The summed E-state index contributed by atoms with van der Waals surface area (Å²) in [7, 11) is 0. The lowest BCUT2D eigenvalue weighted by molar-refractivity contribution is 0.179. The van der Waals surface area contributed by atoms with Crippen molar-refractivity contribution in [2.75, 3.05) is 0 Å². The molecule has 1 aromatic heterocycles. The number of rotatable bonds is 3. The van der Waals surface area contributed by atoms with Gasteiger partial charge in [-0.25, -0.2) is 4.79 Å². The van der Waals surface area contributed by atoms with E-state index in [-0.39, 0.29) is 30.2 Å². The summed E-state index contributed by atoms with van der Waals surface area (Å²) in [6, 6.07) is 12.6. The van der Waals surface area contributed by atoms with Crippen LogP contribution in [0.5, 0.6) is 0 Å². The van der Waals surface area contributed by atoms with Crippen LogP contribution in [0, 0.1) is 13.8 Å². The summed E-state index contributed by atoms with van der Waals surface area (Å²) in [6.45, 7) is 4.02. The standard InChI is InChI=1S/C22H25N3O2/c1-14-10-15(2)24-21(26)20(14)13-23-22(27)25-18-8-9-19(25)12-17(11-18)16-6-4-3-5-7-16/h3-7,10-11,18-19H,8-9,12-13H2,1-2H3,(H,23,27)(H,24,26). The van der Waals surface area contributed by atoms with Gasteiger partial charge in [-0.3, -0.25) is 4.79 Å². The second-order valence-corrected chi connectivity index (χ2v) is 7.57. The maximum atomic E-state index is 12.8. The van der Waals surface area contributed by atoms with Gasteiger partial charge in [0, 0.05) is 17.3 Å². The van der Waals surface area contributed by atoms with Gasteiger partial charge in [0.15, 0.2) is 0 Å². The first-order chi connectivity index (χ1) is 13.0. The van der Waals surface area contributed by atoms with E-state index in [0.29, 0.717) is 5.56 Å². The summed E-state index contributed by atoms with van der Waals surface area (Å²) >= 11 is 0. The zero-order chi connectivity index (χ0) is 19.0. The van der Waals surface area contributed by atoms with E-state index in [1.807, 2.05) is 30.9 Å². The van der Waals surface area contributed by atoms with E-state index < -0.39 is 0 Å². The fourth-order valence-electron chi connectivity index (χ4n) is 4.37. The monoisotopic (exact) mass is 363 g/mol. The first-order valence-corrected chi connectivity index (χ1v) is 9.54. The third kappa shape index (κ3) is 3.42. The molecule has 0 saturated carbocycles. The minimum absolute atomic E-state index is 0.0785. The van der Waals surface area contributed by atoms with Gasteiger partial charge in [0.05, 0.1) is 12.6 Å². The number of aromatic amines is 1. The van der Waals surface area contributed by atoms with Crippen molar-refractivity contribution < 1.29 is 4.79 Å². The van der Waals surface area contributed by atoms with Gasteiger partial charge in [-0.05, 0) is 55.9 Å². The van der Waals surface area contributed by atoms with Gasteiger partial charge in [0.1, 0.15) is 0 Å². The number of hydrogen-bond donors (Lipinski definition) is 2. The van der Waals surface area contributed by atoms with Crippen molar-refractivity contribution in [1.82, 2.24) is 15.2 Å². The first-order valence-electron chi connectivity index (χ1n) is 9.54. The number of amides is 2. The largest absolute Gasteiger partial charge is 0.334 e. The molecule has 1 saturated heterocycles. The number of urea groups is 1. The Kier molecular flexibility index (Phi) is 4.60. The Balaban J connectivity index is 1.48. The molecule has 5 nitrogen and oxygen atoms in total. The third-order valence-electron chi connectivity index (χ3n) is 5.68. The molecule has 0 radical (unpaired) electrons. The highest BCUT2D eigenvalue weighted by molar-refractivity contribution is 5.78. The van der Waals surface area contributed by atoms with E-state index in [0.717, 1.165) is 30.5 Å². The number of hydrogen-bond acceptors (Lipinski definition) is 2. The van der Waals surface area contributed by atoms with Gasteiger partial charge in [-0.15, -0.1) is 0 Å². The normalized spacial score (nSPS) is 21.1. The van der Waals surface area contributed by atoms with Gasteiger partial charge in [-0.2, -0.15) is 0 Å². The number of H-pyrrole nitrogens is 1. The summed E-state index contributed by atoms with van der Waals surface area (Å²) in [5, 5.41) is 2.96. The Morgan fingerprint density at radius 3 is 2.70 bits per heavy atom. The highest BCUT2D eigenvalue weighted by atomic mass is 16.2. The Bertz CT molecular complexity index is 946. The van der Waals surface area contributed by atoms with Crippen molar-refractivity contribution in [3.8, 4) is 0 Å². The zero-order valence-electron chi connectivity index (χ0n) is 15.8. The Morgan fingerprint density at radius 2 is 2.00 bits per heavy atom. The van der Waals surface area contributed by atoms with E-state index in [4.69, 9.17) is 0 Å². The summed E-state index contributed by atoms with van der Waals surface area (Å²) in [5.74, 6) is 0. The minimum Gasteiger partial charge on any atom is -0.334 e. The van der Waals surface area contributed by atoms with Crippen molar-refractivity contribution in [3.63, 3.8) is 0 Å². The lowest BCUT2D eigenvalue weighted by atomic mass is 9.95. The van der Waals surface area contributed by atoms with Crippen molar-refractivity contribution in [2.45, 2.75) is 51.7 Å². The number of pyridine rings is 1. The van der Waals surface area contributed by atoms with Crippen LogP contribution in [0.1, 0.15) is 41.6 Å². The number of nitrogens with one attached hydrogen (secondary N) is 2. The van der Waals surface area contributed by atoms with Gasteiger partial charge < -0.3 is 15.2 Å². The van der Waals surface area contributed by atoms with Crippen LogP contribution >= 0.6 is 0 Å². The highest BCUT2D eigenvalue weighted by Crippen LogP contribution is 2.38. The number of carbonyl (C=O) groups is 1. The number of aryl methyl sites for hydroxylation is 2. The molecule has 0 aliphatic carbocycles. The molecule has 140 valence electrons. The van der Waals surface area contributed by atoms with Crippen molar-refractivity contribution >= 4 is 11.6 Å². The first kappa shape index (κ1) is 17.6. The average molecular weight is 363 g/mol. The summed E-state index contributed by atoms with van der Waals surface area (Å²) < 4.78 is 0. The van der Waals surface area contributed by atoms with Gasteiger partial charge >= 0.3 is 6.03 Å².